The summed E-state index contributed by atoms with van der Waals surface area (Å²) in [5.74, 6) is -0.236. The van der Waals surface area contributed by atoms with Gasteiger partial charge in [-0.3, -0.25) is 9.59 Å². The third kappa shape index (κ3) is 3.44. The number of rotatable bonds is 3. The van der Waals surface area contributed by atoms with Crippen LogP contribution >= 0.6 is 11.6 Å². The summed E-state index contributed by atoms with van der Waals surface area (Å²) in [6.45, 7) is 0. The Kier molecular flexibility index (Phi) is 4.38. The fraction of sp³-hybridized carbons (Fsp3) is 0.333. The number of allylic oxidation sites excluding steroid dienone is 1. The van der Waals surface area contributed by atoms with Crippen LogP contribution in [0.1, 0.15) is 30.7 Å². The highest BCUT2D eigenvalue weighted by atomic mass is 35.5. The number of ether oxygens (including phenoxy) is 1. The molecule has 1 atom stereocenters. The lowest BCUT2D eigenvalue weighted by Crippen LogP contribution is -2.15. The van der Waals surface area contributed by atoms with Crippen LogP contribution in [-0.4, -0.2) is 18.9 Å². The topological polar surface area (TPSA) is 43.4 Å². The predicted octanol–water partition coefficient (Wildman–Crippen LogP) is 3.28. The van der Waals surface area contributed by atoms with Crippen LogP contribution < -0.4 is 0 Å². The van der Waals surface area contributed by atoms with Crippen LogP contribution in [0.2, 0.25) is 5.02 Å². The van der Waals surface area contributed by atoms with E-state index in [4.69, 9.17) is 11.6 Å². The molecule has 0 unspecified atom stereocenters. The number of carbonyl (C=O) groups excluding carboxylic acids is 2. The van der Waals surface area contributed by atoms with Gasteiger partial charge in [-0.05, 0) is 30.0 Å². The Hall–Kier alpha value is -1.61. The van der Waals surface area contributed by atoms with Gasteiger partial charge in [0.05, 0.1) is 13.5 Å². The molecule has 0 radical (unpaired) electrons. The first-order valence-corrected chi connectivity index (χ1v) is 6.51. The third-order valence-electron chi connectivity index (χ3n) is 3.27. The maximum atomic E-state index is 11.8. The van der Waals surface area contributed by atoms with Crippen molar-refractivity contribution in [2.45, 2.75) is 25.2 Å². The van der Waals surface area contributed by atoms with Gasteiger partial charge in [-0.25, -0.2) is 0 Å². The molecule has 4 heteroatoms. The van der Waals surface area contributed by atoms with Gasteiger partial charge >= 0.3 is 5.97 Å². The zero-order valence-electron chi connectivity index (χ0n) is 10.7. The van der Waals surface area contributed by atoms with Crippen molar-refractivity contribution < 1.29 is 14.3 Å². The molecule has 0 amide bonds. The molecule has 0 aromatic heterocycles. The van der Waals surface area contributed by atoms with Crippen molar-refractivity contribution in [1.82, 2.24) is 0 Å². The van der Waals surface area contributed by atoms with Gasteiger partial charge in [0.2, 0.25) is 0 Å². The lowest BCUT2D eigenvalue weighted by molar-refractivity contribution is -0.139. The van der Waals surface area contributed by atoms with Crippen LogP contribution in [-0.2, 0) is 14.3 Å². The van der Waals surface area contributed by atoms with Gasteiger partial charge in [-0.15, -0.1) is 0 Å². The first-order valence-electron chi connectivity index (χ1n) is 6.13. The summed E-state index contributed by atoms with van der Waals surface area (Å²) in [7, 11) is 1.35. The lowest BCUT2D eigenvalue weighted by Gasteiger charge is -2.22. The predicted molar refractivity (Wildman–Crippen MR) is 73.2 cm³/mol. The van der Waals surface area contributed by atoms with E-state index in [0.29, 0.717) is 17.9 Å². The molecule has 3 nitrogen and oxygen atoms in total. The summed E-state index contributed by atoms with van der Waals surface area (Å²) in [5, 5.41) is 0.666. The van der Waals surface area contributed by atoms with Crippen molar-refractivity contribution >= 4 is 23.4 Å². The van der Waals surface area contributed by atoms with E-state index in [9.17, 15) is 9.59 Å². The van der Waals surface area contributed by atoms with Crippen LogP contribution in [0.4, 0.5) is 0 Å². The van der Waals surface area contributed by atoms with Gasteiger partial charge in [0.1, 0.15) is 0 Å². The minimum atomic E-state index is -0.321. The molecule has 0 fully saturated rings. The Morgan fingerprint density at radius 3 is 2.79 bits per heavy atom. The lowest BCUT2D eigenvalue weighted by atomic mass is 9.82. The third-order valence-corrected chi connectivity index (χ3v) is 3.61. The van der Waals surface area contributed by atoms with E-state index in [-0.39, 0.29) is 24.1 Å². The second-order valence-electron chi connectivity index (χ2n) is 4.65. The highest BCUT2D eigenvalue weighted by Gasteiger charge is 2.24. The maximum Gasteiger partial charge on any atom is 0.309 e. The first kappa shape index (κ1) is 13.8. The number of methoxy groups -OCH3 is 1. The minimum absolute atomic E-state index is 0.0371. The van der Waals surface area contributed by atoms with Crippen molar-refractivity contribution in [3.05, 3.63) is 46.5 Å². The van der Waals surface area contributed by atoms with Crippen LogP contribution in [0.15, 0.2) is 35.9 Å². The van der Waals surface area contributed by atoms with Gasteiger partial charge in [-0.2, -0.15) is 0 Å². The molecule has 1 aromatic rings. The fourth-order valence-corrected chi connectivity index (χ4v) is 2.67. The number of hydrogen-bond acceptors (Lipinski definition) is 3. The van der Waals surface area contributed by atoms with Gasteiger partial charge in [0, 0.05) is 11.4 Å². The number of esters is 1. The van der Waals surface area contributed by atoms with Crippen molar-refractivity contribution in [2.75, 3.05) is 7.11 Å². The molecule has 0 heterocycles. The molecule has 0 aliphatic heterocycles. The van der Waals surface area contributed by atoms with Crippen molar-refractivity contribution in [3.63, 3.8) is 0 Å². The Labute approximate surface area is 117 Å². The quantitative estimate of drug-likeness (QED) is 0.797. The number of hydrogen-bond donors (Lipinski definition) is 0. The molecule has 0 bridgehead atoms. The fourth-order valence-electron chi connectivity index (χ4n) is 2.38. The van der Waals surface area contributed by atoms with Crippen LogP contribution in [0.5, 0.6) is 0 Å². The summed E-state index contributed by atoms with van der Waals surface area (Å²) < 4.78 is 4.64. The molecule has 0 N–H and O–H groups in total. The van der Waals surface area contributed by atoms with Crippen LogP contribution in [0.3, 0.4) is 0 Å². The molecule has 2 rings (SSSR count). The van der Waals surface area contributed by atoms with Crippen molar-refractivity contribution in [1.29, 1.82) is 0 Å². The highest BCUT2D eigenvalue weighted by Crippen LogP contribution is 2.36. The molecule has 19 heavy (non-hydrogen) atoms. The molecule has 1 aliphatic rings. The Morgan fingerprint density at radius 1 is 1.37 bits per heavy atom. The first-order chi connectivity index (χ1) is 9.10. The number of ketones is 1. The van der Waals surface area contributed by atoms with Gasteiger partial charge in [0.15, 0.2) is 5.78 Å². The van der Waals surface area contributed by atoms with Crippen molar-refractivity contribution in [3.8, 4) is 0 Å². The largest absolute Gasteiger partial charge is 0.469 e. The standard InChI is InChI=1S/C15H15ClO3/c1-19-15(18)8-10-6-11(9-12(17)7-10)13-4-2-3-5-14(13)16/h2-5,7,11H,6,8-9H2,1H3/t11-/m0/s1. The van der Waals surface area contributed by atoms with Gasteiger partial charge < -0.3 is 4.74 Å². The van der Waals surface area contributed by atoms with E-state index in [0.717, 1.165) is 11.1 Å². The summed E-state index contributed by atoms with van der Waals surface area (Å²) in [6, 6.07) is 7.52. The van der Waals surface area contributed by atoms with E-state index >= 15 is 0 Å². The van der Waals surface area contributed by atoms with Gasteiger partial charge in [-0.1, -0.05) is 35.4 Å². The van der Waals surface area contributed by atoms with Gasteiger partial charge in [0.25, 0.3) is 0 Å². The molecule has 0 spiro atoms. The average molecular weight is 279 g/mol. The molecule has 1 aliphatic carbocycles. The second kappa shape index (κ2) is 6.02. The molecule has 0 saturated carbocycles. The number of halogens is 1. The maximum absolute atomic E-state index is 11.8. The van der Waals surface area contributed by atoms with E-state index < -0.39 is 0 Å². The number of benzene rings is 1. The summed E-state index contributed by atoms with van der Waals surface area (Å²) in [6.07, 6.45) is 2.84. The van der Waals surface area contributed by atoms with Crippen LogP contribution in [0.25, 0.3) is 0 Å². The minimum Gasteiger partial charge on any atom is -0.469 e. The summed E-state index contributed by atoms with van der Waals surface area (Å²) in [4.78, 5) is 23.1. The van der Waals surface area contributed by atoms with E-state index in [2.05, 4.69) is 4.74 Å². The molecular formula is C15H15ClO3. The zero-order valence-corrected chi connectivity index (χ0v) is 11.4. The van der Waals surface area contributed by atoms with Crippen LogP contribution in [0, 0.1) is 0 Å². The normalized spacial score (nSPS) is 18.9. The Morgan fingerprint density at radius 2 is 2.11 bits per heavy atom. The molecular weight excluding hydrogens is 264 g/mol. The highest BCUT2D eigenvalue weighted by molar-refractivity contribution is 6.31. The summed E-state index contributed by atoms with van der Waals surface area (Å²) in [5.41, 5.74) is 1.78. The average Bonchev–Trinajstić information content (AvgIpc) is 2.38. The second-order valence-corrected chi connectivity index (χ2v) is 5.06. The molecule has 0 saturated heterocycles. The molecule has 100 valence electrons. The Balaban J connectivity index is 2.18. The number of carbonyl (C=O) groups is 2. The zero-order chi connectivity index (χ0) is 13.8. The van der Waals surface area contributed by atoms with E-state index in [1.807, 2.05) is 24.3 Å². The van der Waals surface area contributed by atoms with E-state index in [1.165, 1.54) is 7.11 Å². The van der Waals surface area contributed by atoms with Crippen molar-refractivity contribution in [2.24, 2.45) is 0 Å². The summed E-state index contributed by atoms with van der Waals surface area (Å²) >= 11 is 6.16. The SMILES string of the molecule is COC(=O)CC1=CC(=O)C[C@@H](c2ccccc2Cl)C1. The monoisotopic (exact) mass is 278 g/mol. The Bertz CT molecular complexity index is 534. The molecule has 1 aromatic carbocycles. The smallest absolute Gasteiger partial charge is 0.309 e. The van der Waals surface area contributed by atoms with E-state index in [1.54, 1.807) is 6.08 Å².